The molecule has 1 amide bonds. The van der Waals surface area contributed by atoms with E-state index in [1.165, 1.54) is 31.2 Å². The highest BCUT2D eigenvalue weighted by atomic mass is 16.2. The fourth-order valence-corrected chi connectivity index (χ4v) is 3.47. The van der Waals surface area contributed by atoms with Gasteiger partial charge in [-0.05, 0) is 30.2 Å². The molecule has 1 heterocycles. The summed E-state index contributed by atoms with van der Waals surface area (Å²) in [6.45, 7) is 3.73. The highest BCUT2D eigenvalue weighted by molar-refractivity contribution is 5.81. The van der Waals surface area contributed by atoms with Crippen molar-refractivity contribution in [2.45, 2.75) is 38.8 Å². The Morgan fingerprint density at radius 2 is 1.85 bits per heavy atom. The van der Waals surface area contributed by atoms with E-state index in [1.807, 2.05) is 18.2 Å². The molecule has 1 aliphatic heterocycles. The Labute approximate surface area is 121 Å². The van der Waals surface area contributed by atoms with E-state index in [0.717, 1.165) is 12.5 Å². The van der Waals surface area contributed by atoms with E-state index in [1.54, 1.807) is 0 Å². The van der Waals surface area contributed by atoms with Gasteiger partial charge >= 0.3 is 0 Å². The molecule has 1 saturated heterocycles. The molecule has 1 N–H and O–H groups in total. The van der Waals surface area contributed by atoms with Crippen molar-refractivity contribution in [3.63, 3.8) is 0 Å². The minimum atomic E-state index is 0.0723. The molecule has 0 radical (unpaired) electrons. The first-order chi connectivity index (χ1) is 9.74. The van der Waals surface area contributed by atoms with Crippen molar-refractivity contribution in [1.82, 2.24) is 10.2 Å². The minimum absolute atomic E-state index is 0.0723. The molecule has 3 rings (SSSR count). The van der Waals surface area contributed by atoms with Crippen molar-refractivity contribution in [2.24, 2.45) is 11.8 Å². The summed E-state index contributed by atoms with van der Waals surface area (Å²) in [5, 5.41) is 3.35. The predicted molar refractivity (Wildman–Crippen MR) is 80.0 cm³/mol. The topological polar surface area (TPSA) is 32.3 Å². The first-order valence-corrected chi connectivity index (χ1v) is 7.82. The van der Waals surface area contributed by atoms with Crippen LogP contribution >= 0.6 is 0 Å². The molecule has 2 fully saturated rings. The lowest BCUT2D eigenvalue weighted by atomic mass is 9.82. The van der Waals surface area contributed by atoms with Crippen molar-refractivity contribution >= 4 is 5.91 Å². The number of benzene rings is 1. The molecule has 0 bridgehead atoms. The van der Waals surface area contributed by atoms with Gasteiger partial charge in [-0.3, -0.25) is 10.1 Å². The molecule has 108 valence electrons. The molecule has 0 spiro atoms. The Morgan fingerprint density at radius 1 is 1.15 bits per heavy atom. The van der Waals surface area contributed by atoms with E-state index < -0.39 is 0 Å². The second kappa shape index (κ2) is 5.96. The standard InChI is InChI=1S/C17H24N2O/c1-13-7-9-14(10-8-13)12-19-16(20)11-18-17(19)15-5-3-2-4-6-15/h2-6,13-14,17-18H,7-12H2,1H3. The summed E-state index contributed by atoms with van der Waals surface area (Å²) in [5.74, 6) is 1.79. The molecule has 1 aliphatic carbocycles. The average molecular weight is 272 g/mol. The minimum Gasteiger partial charge on any atom is -0.322 e. The van der Waals surface area contributed by atoms with Gasteiger partial charge in [0.25, 0.3) is 0 Å². The van der Waals surface area contributed by atoms with Crippen molar-refractivity contribution in [3.05, 3.63) is 35.9 Å². The van der Waals surface area contributed by atoms with Crippen LogP contribution in [-0.2, 0) is 4.79 Å². The second-order valence-electron chi connectivity index (χ2n) is 6.37. The van der Waals surface area contributed by atoms with Gasteiger partial charge in [-0.1, -0.05) is 50.1 Å². The molecule has 20 heavy (non-hydrogen) atoms. The Morgan fingerprint density at radius 3 is 2.55 bits per heavy atom. The summed E-state index contributed by atoms with van der Waals surface area (Å²) < 4.78 is 0. The Bertz CT molecular complexity index is 451. The number of hydrogen-bond donors (Lipinski definition) is 1. The maximum absolute atomic E-state index is 12.2. The number of hydrogen-bond acceptors (Lipinski definition) is 2. The zero-order valence-electron chi connectivity index (χ0n) is 12.2. The molecular weight excluding hydrogens is 248 g/mol. The van der Waals surface area contributed by atoms with Gasteiger partial charge in [-0.25, -0.2) is 0 Å². The highest BCUT2D eigenvalue weighted by Crippen LogP contribution is 2.31. The molecule has 0 aromatic heterocycles. The maximum atomic E-state index is 12.2. The molecule has 1 unspecified atom stereocenters. The van der Waals surface area contributed by atoms with E-state index in [9.17, 15) is 4.79 Å². The quantitative estimate of drug-likeness (QED) is 0.917. The van der Waals surface area contributed by atoms with E-state index in [-0.39, 0.29) is 12.1 Å². The van der Waals surface area contributed by atoms with Crippen molar-refractivity contribution in [3.8, 4) is 0 Å². The van der Waals surface area contributed by atoms with Crippen LogP contribution in [0, 0.1) is 11.8 Å². The third-order valence-corrected chi connectivity index (χ3v) is 4.78. The van der Waals surface area contributed by atoms with Gasteiger partial charge in [-0.2, -0.15) is 0 Å². The van der Waals surface area contributed by atoms with Gasteiger partial charge in [-0.15, -0.1) is 0 Å². The zero-order chi connectivity index (χ0) is 13.9. The lowest BCUT2D eigenvalue weighted by molar-refractivity contribution is -0.128. The summed E-state index contributed by atoms with van der Waals surface area (Å²) in [7, 11) is 0. The van der Waals surface area contributed by atoms with Gasteiger partial charge in [0, 0.05) is 6.54 Å². The molecule has 3 heteroatoms. The monoisotopic (exact) mass is 272 g/mol. The summed E-state index contributed by atoms with van der Waals surface area (Å²) in [5.41, 5.74) is 1.20. The number of nitrogens with one attached hydrogen (secondary N) is 1. The zero-order valence-corrected chi connectivity index (χ0v) is 12.2. The van der Waals surface area contributed by atoms with Gasteiger partial charge < -0.3 is 4.90 Å². The summed E-state index contributed by atoms with van der Waals surface area (Å²) in [6.07, 6.45) is 5.24. The Kier molecular flexibility index (Phi) is 4.06. The molecule has 1 atom stereocenters. The number of carbonyl (C=O) groups is 1. The van der Waals surface area contributed by atoms with Gasteiger partial charge in [0.2, 0.25) is 5.91 Å². The van der Waals surface area contributed by atoms with Crippen LogP contribution in [-0.4, -0.2) is 23.9 Å². The van der Waals surface area contributed by atoms with Crippen LogP contribution in [0.2, 0.25) is 0 Å². The van der Waals surface area contributed by atoms with Crippen LogP contribution in [0.5, 0.6) is 0 Å². The maximum Gasteiger partial charge on any atom is 0.238 e. The van der Waals surface area contributed by atoms with Crippen molar-refractivity contribution in [1.29, 1.82) is 0 Å². The highest BCUT2D eigenvalue weighted by Gasteiger charge is 2.33. The largest absolute Gasteiger partial charge is 0.322 e. The lowest BCUT2D eigenvalue weighted by Crippen LogP contribution is -2.35. The number of carbonyl (C=O) groups excluding carboxylic acids is 1. The van der Waals surface area contributed by atoms with Crippen molar-refractivity contribution < 1.29 is 4.79 Å². The fraction of sp³-hybridized carbons (Fsp3) is 0.588. The molecule has 1 aromatic rings. The number of nitrogens with zero attached hydrogens (tertiary/aromatic N) is 1. The first-order valence-electron chi connectivity index (χ1n) is 7.82. The Balaban J connectivity index is 1.68. The lowest BCUT2D eigenvalue weighted by Gasteiger charge is -2.32. The van der Waals surface area contributed by atoms with Crippen LogP contribution in [0.15, 0.2) is 30.3 Å². The molecule has 1 saturated carbocycles. The van der Waals surface area contributed by atoms with Crippen LogP contribution < -0.4 is 5.32 Å². The summed E-state index contributed by atoms with van der Waals surface area (Å²) >= 11 is 0. The van der Waals surface area contributed by atoms with Crippen LogP contribution in [0.25, 0.3) is 0 Å². The van der Waals surface area contributed by atoms with Gasteiger partial charge in [0.15, 0.2) is 0 Å². The normalized spacial score (nSPS) is 30.8. The van der Waals surface area contributed by atoms with Gasteiger partial charge in [0.1, 0.15) is 6.17 Å². The van der Waals surface area contributed by atoms with E-state index in [2.05, 4.69) is 29.3 Å². The van der Waals surface area contributed by atoms with E-state index in [4.69, 9.17) is 0 Å². The molecule has 2 aliphatic rings. The molecular formula is C17H24N2O. The third kappa shape index (κ3) is 2.88. The average Bonchev–Trinajstić information content (AvgIpc) is 2.84. The van der Waals surface area contributed by atoms with E-state index in [0.29, 0.717) is 12.5 Å². The summed E-state index contributed by atoms with van der Waals surface area (Å²) in [4.78, 5) is 14.2. The van der Waals surface area contributed by atoms with Crippen LogP contribution in [0.4, 0.5) is 0 Å². The first kappa shape index (κ1) is 13.6. The fourth-order valence-electron chi connectivity index (χ4n) is 3.47. The molecule has 1 aromatic carbocycles. The second-order valence-corrected chi connectivity index (χ2v) is 6.37. The van der Waals surface area contributed by atoms with Gasteiger partial charge in [0.05, 0.1) is 6.54 Å². The SMILES string of the molecule is CC1CCC(CN2C(=O)CNC2c2ccccc2)CC1. The number of rotatable bonds is 3. The number of amides is 1. The third-order valence-electron chi connectivity index (χ3n) is 4.78. The smallest absolute Gasteiger partial charge is 0.238 e. The molecule has 3 nitrogen and oxygen atoms in total. The predicted octanol–water partition coefficient (Wildman–Crippen LogP) is 2.94. The van der Waals surface area contributed by atoms with Crippen molar-refractivity contribution in [2.75, 3.05) is 13.1 Å². The van der Waals surface area contributed by atoms with Crippen LogP contribution in [0.1, 0.15) is 44.3 Å². The summed E-state index contributed by atoms with van der Waals surface area (Å²) in [6, 6.07) is 10.3. The van der Waals surface area contributed by atoms with Crippen LogP contribution in [0.3, 0.4) is 0 Å². The Hall–Kier alpha value is -1.35. The van der Waals surface area contributed by atoms with E-state index >= 15 is 0 Å².